The minimum absolute atomic E-state index is 0.225. The third-order valence-corrected chi connectivity index (χ3v) is 2.92. The van der Waals surface area contributed by atoms with E-state index in [1.807, 2.05) is 13.8 Å². The van der Waals surface area contributed by atoms with Crippen molar-refractivity contribution in [2.24, 2.45) is 5.92 Å². The Morgan fingerprint density at radius 1 is 1.18 bits per heavy atom. The normalized spacial score (nSPS) is 13.5. The van der Waals surface area contributed by atoms with Crippen molar-refractivity contribution in [3.63, 3.8) is 0 Å². The Balaban J connectivity index is 4.79. The SMILES string of the molecule is C=C(N[C@H](CC(C)C)C(=O)O)C(C)(C)NC(=O)OC(C)(C)C. The highest BCUT2D eigenvalue weighted by atomic mass is 16.6. The first kappa shape index (κ1) is 20.3. The second-order valence-electron chi connectivity index (χ2n) is 7.40. The molecule has 3 N–H and O–H groups in total. The van der Waals surface area contributed by atoms with Crippen molar-refractivity contribution in [3.8, 4) is 0 Å². The van der Waals surface area contributed by atoms with E-state index in [0.29, 0.717) is 12.1 Å². The molecule has 6 nitrogen and oxygen atoms in total. The van der Waals surface area contributed by atoms with Gasteiger partial charge in [0.1, 0.15) is 11.6 Å². The zero-order chi connectivity index (χ0) is 17.7. The number of amides is 1. The Hall–Kier alpha value is -1.72. The molecular formula is C16H30N2O4. The molecular weight excluding hydrogens is 284 g/mol. The van der Waals surface area contributed by atoms with Gasteiger partial charge in [0.05, 0.1) is 5.54 Å². The summed E-state index contributed by atoms with van der Waals surface area (Å²) in [5.41, 5.74) is -1.02. The number of carbonyl (C=O) groups is 2. The monoisotopic (exact) mass is 314 g/mol. The number of nitrogens with one attached hydrogen (secondary N) is 2. The molecule has 128 valence electrons. The quantitative estimate of drug-likeness (QED) is 0.672. The van der Waals surface area contributed by atoms with Gasteiger partial charge in [0.25, 0.3) is 0 Å². The van der Waals surface area contributed by atoms with Gasteiger partial charge >= 0.3 is 12.1 Å². The number of ether oxygens (including phenoxy) is 1. The van der Waals surface area contributed by atoms with Crippen molar-refractivity contribution >= 4 is 12.1 Å². The fraction of sp³-hybridized carbons (Fsp3) is 0.750. The lowest BCUT2D eigenvalue weighted by Gasteiger charge is -2.32. The molecule has 22 heavy (non-hydrogen) atoms. The molecule has 0 aromatic rings. The molecule has 0 spiro atoms. The van der Waals surface area contributed by atoms with Gasteiger partial charge in [-0.15, -0.1) is 0 Å². The number of aliphatic carboxylic acids is 1. The van der Waals surface area contributed by atoms with Crippen LogP contribution in [0.25, 0.3) is 0 Å². The van der Waals surface area contributed by atoms with Crippen LogP contribution in [0.3, 0.4) is 0 Å². The topological polar surface area (TPSA) is 87.7 Å². The Bertz CT molecular complexity index is 422. The predicted molar refractivity (Wildman–Crippen MR) is 86.6 cm³/mol. The van der Waals surface area contributed by atoms with Gasteiger partial charge in [0, 0.05) is 5.70 Å². The smallest absolute Gasteiger partial charge is 0.408 e. The van der Waals surface area contributed by atoms with Crippen molar-refractivity contribution in [1.29, 1.82) is 0 Å². The summed E-state index contributed by atoms with van der Waals surface area (Å²) in [6, 6.07) is -0.743. The van der Waals surface area contributed by atoms with Gasteiger partial charge in [-0.3, -0.25) is 0 Å². The Morgan fingerprint density at radius 2 is 1.68 bits per heavy atom. The molecule has 0 aliphatic rings. The van der Waals surface area contributed by atoms with Gasteiger partial charge < -0.3 is 20.5 Å². The molecule has 0 saturated carbocycles. The molecule has 0 fully saturated rings. The van der Waals surface area contributed by atoms with Crippen LogP contribution in [0.5, 0.6) is 0 Å². The van der Waals surface area contributed by atoms with Crippen molar-refractivity contribution < 1.29 is 19.4 Å². The molecule has 6 heteroatoms. The van der Waals surface area contributed by atoms with Crippen LogP contribution in [0.15, 0.2) is 12.3 Å². The van der Waals surface area contributed by atoms with Crippen LogP contribution in [0, 0.1) is 5.92 Å². The van der Waals surface area contributed by atoms with Crippen LogP contribution < -0.4 is 10.6 Å². The second-order valence-corrected chi connectivity index (χ2v) is 7.40. The van der Waals surface area contributed by atoms with E-state index >= 15 is 0 Å². The number of alkyl carbamates (subject to hydrolysis) is 1. The minimum atomic E-state index is -0.942. The zero-order valence-electron chi connectivity index (χ0n) is 14.7. The van der Waals surface area contributed by atoms with Gasteiger partial charge in [-0.2, -0.15) is 0 Å². The van der Waals surface area contributed by atoms with E-state index in [0.717, 1.165) is 0 Å². The van der Waals surface area contributed by atoms with Gasteiger partial charge in [-0.05, 0) is 47.0 Å². The minimum Gasteiger partial charge on any atom is -0.480 e. The van der Waals surface area contributed by atoms with Gasteiger partial charge in [-0.25, -0.2) is 9.59 Å². The highest BCUT2D eigenvalue weighted by Crippen LogP contribution is 2.16. The second kappa shape index (κ2) is 7.51. The lowest BCUT2D eigenvalue weighted by Crippen LogP contribution is -2.52. The Labute approximate surface area is 133 Å². The average molecular weight is 314 g/mol. The lowest BCUT2D eigenvalue weighted by atomic mass is 9.98. The van der Waals surface area contributed by atoms with Gasteiger partial charge in [0.15, 0.2) is 0 Å². The third-order valence-electron chi connectivity index (χ3n) is 2.92. The summed E-state index contributed by atoms with van der Waals surface area (Å²) in [5, 5.41) is 14.8. The standard InChI is InChI=1S/C16H30N2O4/c1-10(2)9-12(13(19)20)17-11(3)16(7,8)18-14(21)22-15(4,5)6/h10,12,17H,3,9H2,1-2,4-8H3,(H,18,21)(H,19,20)/t12-/m1/s1. The van der Waals surface area contributed by atoms with E-state index in [-0.39, 0.29) is 5.92 Å². The van der Waals surface area contributed by atoms with Crippen LogP contribution in [0.1, 0.15) is 54.9 Å². The Morgan fingerprint density at radius 3 is 2.05 bits per heavy atom. The summed E-state index contributed by atoms with van der Waals surface area (Å²) in [6.45, 7) is 16.6. The molecule has 0 aliphatic carbocycles. The third kappa shape index (κ3) is 7.90. The van der Waals surface area contributed by atoms with Crippen molar-refractivity contribution in [3.05, 3.63) is 12.3 Å². The van der Waals surface area contributed by atoms with E-state index < -0.39 is 29.2 Å². The summed E-state index contributed by atoms with van der Waals surface area (Å²) < 4.78 is 5.21. The maximum atomic E-state index is 11.9. The van der Waals surface area contributed by atoms with Gasteiger partial charge in [0.2, 0.25) is 0 Å². The molecule has 0 aromatic carbocycles. The van der Waals surface area contributed by atoms with Crippen LogP contribution >= 0.6 is 0 Å². The summed E-state index contributed by atoms with van der Waals surface area (Å²) in [4.78, 5) is 23.1. The van der Waals surface area contributed by atoms with E-state index in [9.17, 15) is 14.7 Å². The first-order valence-corrected chi connectivity index (χ1v) is 7.44. The van der Waals surface area contributed by atoms with E-state index in [2.05, 4.69) is 17.2 Å². The van der Waals surface area contributed by atoms with Crippen molar-refractivity contribution in [2.45, 2.75) is 72.1 Å². The fourth-order valence-electron chi connectivity index (χ4n) is 1.72. The first-order valence-electron chi connectivity index (χ1n) is 7.44. The van der Waals surface area contributed by atoms with E-state index in [1.165, 1.54) is 0 Å². The summed E-state index contributed by atoms with van der Waals surface area (Å²) >= 11 is 0. The number of carbonyl (C=O) groups excluding carboxylic acids is 1. The number of carboxylic acids is 1. The Kier molecular flexibility index (Phi) is 6.93. The zero-order valence-corrected chi connectivity index (χ0v) is 14.7. The molecule has 0 heterocycles. The molecule has 1 amide bonds. The summed E-state index contributed by atoms with van der Waals surface area (Å²) in [5.74, 6) is -0.716. The molecule has 0 rings (SSSR count). The molecule has 0 unspecified atom stereocenters. The van der Waals surface area contributed by atoms with Crippen LogP contribution in [0.2, 0.25) is 0 Å². The summed E-state index contributed by atoms with van der Waals surface area (Å²) in [6.07, 6.45) is -0.104. The maximum absolute atomic E-state index is 11.9. The maximum Gasteiger partial charge on any atom is 0.408 e. The highest BCUT2D eigenvalue weighted by Gasteiger charge is 2.30. The molecule has 1 atom stereocenters. The number of hydrogen-bond acceptors (Lipinski definition) is 4. The molecule has 0 aromatic heterocycles. The van der Waals surface area contributed by atoms with E-state index in [1.54, 1.807) is 34.6 Å². The lowest BCUT2D eigenvalue weighted by molar-refractivity contribution is -0.139. The largest absolute Gasteiger partial charge is 0.480 e. The summed E-state index contributed by atoms with van der Waals surface area (Å²) in [7, 11) is 0. The fourth-order valence-corrected chi connectivity index (χ4v) is 1.72. The average Bonchev–Trinajstić information content (AvgIpc) is 2.23. The van der Waals surface area contributed by atoms with Crippen LogP contribution in [-0.4, -0.2) is 34.4 Å². The van der Waals surface area contributed by atoms with Crippen LogP contribution in [0.4, 0.5) is 4.79 Å². The first-order chi connectivity index (χ1) is 9.74. The predicted octanol–water partition coefficient (Wildman–Crippen LogP) is 2.89. The number of hydrogen-bond donors (Lipinski definition) is 3. The van der Waals surface area contributed by atoms with Crippen molar-refractivity contribution in [1.82, 2.24) is 10.6 Å². The number of carboxylic acid groups (broad SMARTS) is 1. The van der Waals surface area contributed by atoms with E-state index in [4.69, 9.17) is 4.74 Å². The van der Waals surface area contributed by atoms with Crippen LogP contribution in [-0.2, 0) is 9.53 Å². The van der Waals surface area contributed by atoms with Gasteiger partial charge in [-0.1, -0.05) is 20.4 Å². The molecule has 0 bridgehead atoms. The molecule has 0 saturated heterocycles. The van der Waals surface area contributed by atoms with Crippen molar-refractivity contribution in [2.75, 3.05) is 0 Å². The number of rotatable bonds is 7. The molecule has 0 aliphatic heterocycles. The molecule has 0 radical (unpaired) electrons. The highest BCUT2D eigenvalue weighted by molar-refractivity contribution is 5.74.